The zero-order valence-corrected chi connectivity index (χ0v) is 13.7. The van der Waals surface area contributed by atoms with E-state index in [1.54, 1.807) is 0 Å². The normalized spacial score (nSPS) is 40.5. The summed E-state index contributed by atoms with van der Waals surface area (Å²) >= 11 is 0. The van der Waals surface area contributed by atoms with E-state index in [0.29, 0.717) is 12.0 Å². The standard InChI is InChI=1S/C17H34N2O/c1-4-14-6-5-7-15(12-14)16(19-18)17(20-3)10-8-13(2)9-11-17/h13-16,19H,4-12,18H2,1-3H3. The van der Waals surface area contributed by atoms with Crippen molar-refractivity contribution in [2.24, 2.45) is 23.6 Å². The van der Waals surface area contributed by atoms with Crippen LogP contribution in [0.5, 0.6) is 0 Å². The third-order valence-corrected chi connectivity index (χ3v) is 6.15. The Morgan fingerprint density at radius 2 is 1.95 bits per heavy atom. The molecule has 3 nitrogen and oxygen atoms in total. The number of rotatable bonds is 5. The summed E-state index contributed by atoms with van der Waals surface area (Å²) in [4.78, 5) is 0. The van der Waals surface area contributed by atoms with Crippen LogP contribution >= 0.6 is 0 Å². The summed E-state index contributed by atoms with van der Waals surface area (Å²) in [5.41, 5.74) is 3.14. The number of hydrogen-bond acceptors (Lipinski definition) is 3. The van der Waals surface area contributed by atoms with Crippen LogP contribution in [-0.4, -0.2) is 18.8 Å². The van der Waals surface area contributed by atoms with Gasteiger partial charge in [0, 0.05) is 7.11 Å². The highest BCUT2D eigenvalue weighted by atomic mass is 16.5. The summed E-state index contributed by atoms with van der Waals surface area (Å²) in [6.07, 6.45) is 11.6. The molecule has 2 aliphatic rings. The van der Waals surface area contributed by atoms with Crippen LogP contribution in [0.2, 0.25) is 0 Å². The number of nitrogens with two attached hydrogens (primary N) is 1. The Hall–Kier alpha value is -0.120. The second kappa shape index (κ2) is 7.24. The number of hydrogen-bond donors (Lipinski definition) is 2. The third-order valence-electron chi connectivity index (χ3n) is 6.15. The fourth-order valence-electron chi connectivity index (χ4n) is 4.62. The monoisotopic (exact) mass is 282 g/mol. The minimum atomic E-state index is -0.0262. The fraction of sp³-hybridized carbons (Fsp3) is 1.00. The predicted octanol–water partition coefficient (Wildman–Crippen LogP) is 3.63. The third kappa shape index (κ3) is 3.37. The van der Waals surface area contributed by atoms with E-state index < -0.39 is 0 Å². The number of hydrazine groups is 1. The van der Waals surface area contributed by atoms with Gasteiger partial charge < -0.3 is 4.74 Å². The van der Waals surface area contributed by atoms with Gasteiger partial charge in [-0.3, -0.25) is 11.3 Å². The van der Waals surface area contributed by atoms with Crippen LogP contribution in [0.3, 0.4) is 0 Å². The first kappa shape index (κ1) is 16.3. The minimum absolute atomic E-state index is 0.0262. The fourth-order valence-corrected chi connectivity index (χ4v) is 4.62. The molecule has 20 heavy (non-hydrogen) atoms. The maximum Gasteiger partial charge on any atom is 0.0847 e. The van der Waals surface area contributed by atoms with Crippen molar-refractivity contribution >= 4 is 0 Å². The summed E-state index contributed by atoms with van der Waals surface area (Å²) < 4.78 is 6.06. The van der Waals surface area contributed by atoms with Crippen molar-refractivity contribution in [3.63, 3.8) is 0 Å². The predicted molar refractivity (Wildman–Crippen MR) is 84.2 cm³/mol. The minimum Gasteiger partial charge on any atom is -0.377 e. The molecule has 3 unspecified atom stereocenters. The van der Waals surface area contributed by atoms with Gasteiger partial charge >= 0.3 is 0 Å². The van der Waals surface area contributed by atoms with Crippen molar-refractivity contribution in [1.29, 1.82) is 0 Å². The lowest BCUT2D eigenvalue weighted by atomic mass is 9.67. The van der Waals surface area contributed by atoms with Crippen LogP contribution in [0.4, 0.5) is 0 Å². The highest BCUT2D eigenvalue weighted by Crippen LogP contribution is 2.43. The van der Waals surface area contributed by atoms with Gasteiger partial charge in [-0.2, -0.15) is 0 Å². The lowest BCUT2D eigenvalue weighted by Crippen LogP contribution is -2.59. The summed E-state index contributed by atoms with van der Waals surface area (Å²) in [6.45, 7) is 4.69. The molecular formula is C17H34N2O. The van der Waals surface area contributed by atoms with E-state index >= 15 is 0 Å². The van der Waals surface area contributed by atoms with Crippen LogP contribution in [0.1, 0.15) is 71.6 Å². The van der Waals surface area contributed by atoms with Gasteiger partial charge in [0.15, 0.2) is 0 Å². The Balaban J connectivity index is 2.08. The Labute approximate surface area is 125 Å². The van der Waals surface area contributed by atoms with Crippen LogP contribution in [0, 0.1) is 17.8 Å². The molecule has 0 saturated heterocycles. The first-order valence-electron chi connectivity index (χ1n) is 8.66. The molecule has 2 saturated carbocycles. The van der Waals surface area contributed by atoms with Gasteiger partial charge in [0.2, 0.25) is 0 Å². The van der Waals surface area contributed by atoms with Gasteiger partial charge in [0.25, 0.3) is 0 Å². The molecule has 0 aromatic heterocycles. The van der Waals surface area contributed by atoms with Crippen molar-refractivity contribution < 1.29 is 4.74 Å². The molecule has 0 heterocycles. The maximum absolute atomic E-state index is 6.06. The molecule has 0 aliphatic heterocycles. The average Bonchev–Trinajstić information content (AvgIpc) is 2.50. The topological polar surface area (TPSA) is 47.3 Å². The molecule has 0 bridgehead atoms. The molecule has 2 aliphatic carbocycles. The summed E-state index contributed by atoms with van der Waals surface area (Å²) in [7, 11) is 1.89. The summed E-state index contributed by atoms with van der Waals surface area (Å²) in [5.74, 6) is 8.40. The smallest absolute Gasteiger partial charge is 0.0847 e. The Morgan fingerprint density at radius 3 is 2.50 bits per heavy atom. The van der Waals surface area contributed by atoms with Crippen LogP contribution < -0.4 is 11.3 Å². The molecule has 0 aromatic rings. The van der Waals surface area contributed by atoms with E-state index in [9.17, 15) is 0 Å². The summed E-state index contributed by atoms with van der Waals surface area (Å²) in [6, 6.07) is 0.328. The molecule has 0 amide bonds. The SMILES string of the molecule is CCC1CCCC(C(NN)C2(OC)CCC(C)CC2)C1. The number of nitrogens with one attached hydrogen (secondary N) is 1. The Kier molecular flexibility index (Phi) is 5.88. The van der Waals surface area contributed by atoms with E-state index in [1.165, 1.54) is 44.9 Å². The largest absolute Gasteiger partial charge is 0.377 e. The molecule has 3 N–H and O–H groups in total. The second-order valence-electron chi connectivity index (χ2n) is 7.30. The molecule has 2 rings (SSSR count). The molecule has 0 aromatic carbocycles. The molecule has 3 heteroatoms. The second-order valence-corrected chi connectivity index (χ2v) is 7.30. The van der Waals surface area contributed by atoms with Crippen molar-refractivity contribution in [3.05, 3.63) is 0 Å². The zero-order valence-electron chi connectivity index (χ0n) is 13.7. The van der Waals surface area contributed by atoms with E-state index in [0.717, 1.165) is 24.7 Å². The van der Waals surface area contributed by atoms with Crippen molar-refractivity contribution in [3.8, 4) is 0 Å². The summed E-state index contributed by atoms with van der Waals surface area (Å²) in [5, 5.41) is 0. The lowest BCUT2D eigenvalue weighted by Gasteiger charge is -2.48. The lowest BCUT2D eigenvalue weighted by molar-refractivity contribution is -0.0938. The number of ether oxygens (including phenoxy) is 1. The van der Waals surface area contributed by atoms with Crippen molar-refractivity contribution in [1.82, 2.24) is 5.43 Å². The maximum atomic E-state index is 6.06. The molecular weight excluding hydrogens is 248 g/mol. The van der Waals surface area contributed by atoms with E-state index in [1.807, 2.05) is 7.11 Å². The van der Waals surface area contributed by atoms with Gasteiger partial charge in [-0.15, -0.1) is 0 Å². The first-order valence-corrected chi connectivity index (χ1v) is 8.66. The Morgan fingerprint density at radius 1 is 1.25 bits per heavy atom. The van der Waals surface area contributed by atoms with Crippen molar-refractivity contribution in [2.45, 2.75) is 83.3 Å². The van der Waals surface area contributed by atoms with Crippen LogP contribution in [0.25, 0.3) is 0 Å². The van der Waals surface area contributed by atoms with Gasteiger partial charge in [0.05, 0.1) is 11.6 Å². The quantitative estimate of drug-likeness (QED) is 0.598. The molecule has 118 valence electrons. The van der Waals surface area contributed by atoms with Crippen LogP contribution in [-0.2, 0) is 4.74 Å². The van der Waals surface area contributed by atoms with Gasteiger partial charge in [-0.25, -0.2) is 0 Å². The highest BCUT2D eigenvalue weighted by molar-refractivity contribution is 4.99. The number of methoxy groups -OCH3 is 1. The van der Waals surface area contributed by atoms with Gasteiger partial charge in [-0.05, 0) is 56.3 Å². The van der Waals surface area contributed by atoms with Crippen molar-refractivity contribution in [2.75, 3.05) is 7.11 Å². The molecule has 3 atom stereocenters. The molecule has 0 spiro atoms. The highest BCUT2D eigenvalue weighted by Gasteiger charge is 2.45. The van der Waals surface area contributed by atoms with Gasteiger partial charge in [0.1, 0.15) is 0 Å². The molecule has 0 radical (unpaired) electrons. The van der Waals surface area contributed by atoms with E-state index in [2.05, 4.69) is 19.3 Å². The molecule has 2 fully saturated rings. The average molecular weight is 282 g/mol. The van der Waals surface area contributed by atoms with E-state index in [-0.39, 0.29) is 5.60 Å². The van der Waals surface area contributed by atoms with Gasteiger partial charge in [-0.1, -0.05) is 33.1 Å². The first-order chi connectivity index (χ1) is 9.65. The van der Waals surface area contributed by atoms with Crippen LogP contribution in [0.15, 0.2) is 0 Å². The van der Waals surface area contributed by atoms with E-state index in [4.69, 9.17) is 10.6 Å². The Bertz CT molecular complexity index is 287. The zero-order chi connectivity index (χ0) is 14.6.